The molecular formula is C27H25Cl2NiP2. The molecule has 0 aliphatic heterocycles. The Kier molecular flexibility index (Phi) is 9.23. The Morgan fingerprint density at radius 2 is 0.875 bits per heavy atom. The zero-order valence-electron chi connectivity index (χ0n) is 17.5. The van der Waals surface area contributed by atoms with Crippen LogP contribution in [0.4, 0.5) is 0 Å². The van der Waals surface area contributed by atoms with Crippen molar-refractivity contribution in [1.82, 2.24) is 0 Å². The number of benzene rings is 4. The summed E-state index contributed by atoms with van der Waals surface area (Å²) in [6.07, 6.45) is 2.06. The summed E-state index contributed by atoms with van der Waals surface area (Å²) in [6.45, 7) is 0. The maximum absolute atomic E-state index is 6.74. The molecule has 0 aromatic heterocycles. The van der Waals surface area contributed by atoms with Gasteiger partial charge in [0, 0.05) is 0 Å². The van der Waals surface area contributed by atoms with Gasteiger partial charge in [-0.15, -0.1) is 0 Å². The molecule has 0 aliphatic rings. The molecule has 4 aromatic rings. The van der Waals surface area contributed by atoms with Gasteiger partial charge in [0.25, 0.3) is 0 Å². The number of halogens is 2. The van der Waals surface area contributed by atoms with Crippen molar-refractivity contribution in [3.63, 3.8) is 0 Å². The Labute approximate surface area is 206 Å². The molecule has 1 atom stereocenters. The molecular weight excluding hydrogens is 516 g/mol. The molecule has 4 rings (SSSR count). The van der Waals surface area contributed by atoms with E-state index in [0.717, 1.165) is 12.6 Å². The monoisotopic (exact) mass is 539 g/mol. The van der Waals surface area contributed by atoms with E-state index in [1.165, 1.54) is 21.2 Å². The number of rotatable bonds is 9. The van der Waals surface area contributed by atoms with Crippen molar-refractivity contribution < 1.29 is 11.6 Å². The summed E-state index contributed by atoms with van der Waals surface area (Å²) in [4.78, 5) is 0. The van der Waals surface area contributed by atoms with Gasteiger partial charge in [-0.1, -0.05) is 0 Å². The molecule has 0 bridgehead atoms. The van der Waals surface area contributed by atoms with Crippen LogP contribution in [0.5, 0.6) is 0 Å². The molecule has 0 spiro atoms. The van der Waals surface area contributed by atoms with Crippen LogP contribution in [0.15, 0.2) is 121 Å². The molecule has 0 amide bonds. The van der Waals surface area contributed by atoms with Crippen molar-refractivity contribution in [2.75, 3.05) is 6.16 Å². The summed E-state index contributed by atoms with van der Waals surface area (Å²) in [5.41, 5.74) is 0. The summed E-state index contributed by atoms with van der Waals surface area (Å²) < 4.78 is 0.218. The molecule has 4 aromatic carbocycles. The second-order valence-corrected chi connectivity index (χ2v) is 16.2. The molecule has 0 fully saturated rings. The van der Waals surface area contributed by atoms with Gasteiger partial charge in [0.05, 0.1) is 0 Å². The van der Waals surface area contributed by atoms with E-state index in [2.05, 4.69) is 121 Å². The van der Waals surface area contributed by atoms with Crippen LogP contribution < -0.4 is 21.2 Å². The van der Waals surface area contributed by atoms with E-state index >= 15 is 0 Å². The normalized spacial score (nSPS) is 12.7. The third kappa shape index (κ3) is 6.23. The second kappa shape index (κ2) is 12.3. The second-order valence-electron chi connectivity index (χ2n) is 7.23. The first-order valence-electron chi connectivity index (χ1n) is 10.4. The average Bonchev–Trinajstić information content (AvgIpc) is 2.86. The summed E-state index contributed by atoms with van der Waals surface area (Å²) >= 11 is -0.882. The SMILES string of the molecule is [Cl][Ni]([Cl])[CH](CCP(c1ccccc1)c1ccccc1)P(c1ccccc1)c1ccccc1. The zero-order chi connectivity index (χ0) is 22.2. The maximum atomic E-state index is 6.74. The molecule has 5 heteroatoms. The fraction of sp³-hybridized carbons (Fsp3) is 0.111. The first-order valence-corrected chi connectivity index (χ1v) is 16.7. The third-order valence-electron chi connectivity index (χ3n) is 5.20. The van der Waals surface area contributed by atoms with Crippen LogP contribution in [-0.2, 0) is 11.6 Å². The van der Waals surface area contributed by atoms with Gasteiger partial charge in [-0.3, -0.25) is 0 Å². The van der Waals surface area contributed by atoms with E-state index in [-0.39, 0.29) is 4.63 Å². The molecule has 32 heavy (non-hydrogen) atoms. The van der Waals surface area contributed by atoms with Crippen molar-refractivity contribution in [2.24, 2.45) is 0 Å². The van der Waals surface area contributed by atoms with Crippen LogP contribution in [0.2, 0.25) is 0 Å². The van der Waals surface area contributed by atoms with Crippen LogP contribution in [0, 0.1) is 0 Å². The minimum absolute atomic E-state index is 0.218. The first kappa shape index (κ1) is 24.0. The number of hydrogen-bond acceptors (Lipinski definition) is 0. The Morgan fingerprint density at radius 3 is 1.22 bits per heavy atom. The van der Waals surface area contributed by atoms with E-state index in [0.29, 0.717) is 0 Å². The summed E-state index contributed by atoms with van der Waals surface area (Å²) in [6, 6.07) is 43.3. The Hall–Kier alpha value is -1.19. The van der Waals surface area contributed by atoms with Crippen molar-refractivity contribution in [1.29, 1.82) is 0 Å². The van der Waals surface area contributed by atoms with Gasteiger partial charge in [-0.05, 0) is 0 Å². The predicted octanol–water partition coefficient (Wildman–Crippen LogP) is 6.89. The third-order valence-corrected chi connectivity index (χ3v) is 14.6. The van der Waals surface area contributed by atoms with Crippen LogP contribution in [-0.4, -0.2) is 10.8 Å². The molecule has 1 unspecified atom stereocenters. The molecule has 0 saturated heterocycles. The van der Waals surface area contributed by atoms with Gasteiger partial charge >= 0.3 is 208 Å². The molecule has 0 N–H and O–H groups in total. The van der Waals surface area contributed by atoms with Crippen molar-refractivity contribution >= 4 is 57.4 Å². The van der Waals surface area contributed by atoms with Gasteiger partial charge < -0.3 is 0 Å². The van der Waals surface area contributed by atoms with Crippen molar-refractivity contribution in [3.05, 3.63) is 121 Å². The molecule has 0 nitrogen and oxygen atoms in total. The van der Waals surface area contributed by atoms with E-state index in [9.17, 15) is 0 Å². The van der Waals surface area contributed by atoms with Gasteiger partial charge in [-0.25, -0.2) is 0 Å². The average molecular weight is 541 g/mol. The number of hydrogen-bond donors (Lipinski definition) is 0. The van der Waals surface area contributed by atoms with Crippen molar-refractivity contribution in [3.8, 4) is 0 Å². The van der Waals surface area contributed by atoms with Crippen molar-refractivity contribution in [2.45, 2.75) is 11.0 Å². The standard InChI is InChI=1S/C27H25P2.2ClH.Ni/c1-5-14-24(15-6-1)28(25-16-7-2-8-17-25)22-13-23-29(26-18-9-3-10-19-26)27-20-11-4-12-21-27;;;/h1-12,14-22H,13,23H2;2*1H;/q;;;+2/p-2. The molecule has 167 valence electrons. The van der Waals surface area contributed by atoms with Crippen LogP contribution in [0.1, 0.15) is 6.42 Å². The van der Waals surface area contributed by atoms with E-state index < -0.39 is 27.5 Å². The Bertz CT molecular complexity index is 985. The minimum atomic E-state index is -0.882. The molecule has 0 radical (unpaired) electrons. The topological polar surface area (TPSA) is 0 Å². The van der Waals surface area contributed by atoms with Crippen LogP contribution in [0.25, 0.3) is 0 Å². The van der Waals surface area contributed by atoms with Gasteiger partial charge in [0.2, 0.25) is 0 Å². The van der Waals surface area contributed by atoms with E-state index in [1.807, 2.05) is 0 Å². The molecule has 0 aliphatic carbocycles. The Balaban J connectivity index is 1.66. The molecule has 0 saturated carbocycles. The summed E-state index contributed by atoms with van der Waals surface area (Å²) in [5.74, 6) is 0. The predicted molar refractivity (Wildman–Crippen MR) is 143 cm³/mol. The van der Waals surface area contributed by atoms with Crippen LogP contribution in [0.3, 0.4) is 0 Å². The molecule has 0 heterocycles. The van der Waals surface area contributed by atoms with Gasteiger partial charge in [-0.2, -0.15) is 0 Å². The van der Waals surface area contributed by atoms with Crippen LogP contribution >= 0.6 is 36.2 Å². The summed E-state index contributed by atoms with van der Waals surface area (Å²) in [7, 11) is 12.4. The fourth-order valence-corrected chi connectivity index (χ4v) is 12.9. The first-order chi connectivity index (χ1) is 15.7. The fourth-order valence-electron chi connectivity index (χ4n) is 3.74. The van der Waals surface area contributed by atoms with Gasteiger partial charge in [0.1, 0.15) is 0 Å². The van der Waals surface area contributed by atoms with E-state index in [1.54, 1.807) is 0 Å². The van der Waals surface area contributed by atoms with Gasteiger partial charge in [0.15, 0.2) is 0 Å². The Morgan fingerprint density at radius 1 is 0.531 bits per heavy atom. The zero-order valence-corrected chi connectivity index (χ0v) is 21.8. The quantitative estimate of drug-likeness (QED) is 0.160. The van der Waals surface area contributed by atoms with E-state index in [4.69, 9.17) is 20.4 Å². The summed E-state index contributed by atoms with van der Waals surface area (Å²) in [5, 5.41) is 5.48.